The molecule has 0 aliphatic rings. The fraction of sp³-hybridized carbons (Fsp3) is 0.231. The van der Waals surface area contributed by atoms with E-state index in [1.54, 1.807) is 6.07 Å². The van der Waals surface area contributed by atoms with Crippen molar-refractivity contribution < 1.29 is 8.78 Å². The highest BCUT2D eigenvalue weighted by Crippen LogP contribution is 2.26. The number of nitrogens with one attached hydrogen (secondary N) is 1. The van der Waals surface area contributed by atoms with E-state index in [1.807, 2.05) is 6.92 Å². The number of rotatable bonds is 4. The first kappa shape index (κ1) is 15.3. The van der Waals surface area contributed by atoms with E-state index in [-0.39, 0.29) is 10.2 Å². The Morgan fingerprint density at radius 2 is 1.85 bits per heavy atom. The Labute approximate surface area is 132 Å². The summed E-state index contributed by atoms with van der Waals surface area (Å²) in [6, 6.07) is 3.76. The zero-order valence-electron chi connectivity index (χ0n) is 10.6. The molecule has 0 aliphatic heterocycles. The Hall–Kier alpha value is -1.08. The molecule has 1 heterocycles. The molecule has 0 saturated heterocycles. The lowest BCUT2D eigenvalue weighted by Crippen LogP contribution is -2.02. The van der Waals surface area contributed by atoms with Gasteiger partial charge in [-0.05, 0) is 44.3 Å². The highest BCUT2D eigenvalue weighted by Gasteiger charge is 2.10. The van der Waals surface area contributed by atoms with Crippen LogP contribution in [0, 0.1) is 11.6 Å². The molecule has 0 radical (unpaired) electrons. The SMILES string of the molecule is CCCc1nc(Br)cc(Nc2cc(F)c(Br)cc2F)n1. The van der Waals surface area contributed by atoms with E-state index in [2.05, 4.69) is 47.1 Å². The molecule has 0 bridgehead atoms. The third-order valence-electron chi connectivity index (χ3n) is 2.49. The minimum atomic E-state index is -0.565. The van der Waals surface area contributed by atoms with Crippen LogP contribution in [-0.2, 0) is 6.42 Å². The van der Waals surface area contributed by atoms with Crippen LogP contribution in [0.25, 0.3) is 0 Å². The summed E-state index contributed by atoms with van der Waals surface area (Å²) in [4.78, 5) is 8.47. The zero-order valence-corrected chi connectivity index (χ0v) is 13.7. The van der Waals surface area contributed by atoms with Crippen molar-refractivity contribution in [2.75, 3.05) is 5.32 Å². The van der Waals surface area contributed by atoms with E-state index in [9.17, 15) is 8.78 Å². The Bertz CT molecular complexity index is 635. The van der Waals surface area contributed by atoms with Crippen molar-refractivity contribution >= 4 is 43.4 Å². The topological polar surface area (TPSA) is 37.8 Å². The lowest BCUT2D eigenvalue weighted by atomic mass is 10.3. The molecule has 20 heavy (non-hydrogen) atoms. The van der Waals surface area contributed by atoms with Gasteiger partial charge >= 0.3 is 0 Å². The number of nitrogens with zero attached hydrogens (tertiary/aromatic N) is 2. The van der Waals surface area contributed by atoms with Crippen molar-refractivity contribution in [1.29, 1.82) is 0 Å². The number of benzene rings is 1. The number of halogens is 4. The summed E-state index contributed by atoms with van der Waals surface area (Å²) >= 11 is 6.21. The predicted molar refractivity (Wildman–Crippen MR) is 81.1 cm³/mol. The van der Waals surface area contributed by atoms with E-state index in [1.165, 1.54) is 0 Å². The van der Waals surface area contributed by atoms with Gasteiger partial charge in [-0.3, -0.25) is 0 Å². The molecule has 1 aromatic heterocycles. The molecule has 0 unspecified atom stereocenters. The highest BCUT2D eigenvalue weighted by atomic mass is 79.9. The van der Waals surface area contributed by atoms with Gasteiger partial charge in [0.05, 0.1) is 10.2 Å². The van der Waals surface area contributed by atoms with Gasteiger partial charge < -0.3 is 5.32 Å². The minimum absolute atomic E-state index is 0.0266. The first-order valence-corrected chi connectivity index (χ1v) is 7.53. The third-order valence-corrected chi connectivity index (χ3v) is 3.50. The van der Waals surface area contributed by atoms with Crippen LogP contribution >= 0.6 is 31.9 Å². The number of aromatic nitrogens is 2. The van der Waals surface area contributed by atoms with Crippen molar-refractivity contribution in [3.05, 3.63) is 44.7 Å². The van der Waals surface area contributed by atoms with Crippen LogP contribution < -0.4 is 5.32 Å². The summed E-state index contributed by atoms with van der Waals surface area (Å²) in [5, 5.41) is 2.76. The van der Waals surface area contributed by atoms with Crippen LogP contribution in [0.4, 0.5) is 20.3 Å². The first-order chi connectivity index (χ1) is 9.49. The van der Waals surface area contributed by atoms with Gasteiger partial charge in [0.2, 0.25) is 0 Å². The molecule has 0 amide bonds. The van der Waals surface area contributed by atoms with Gasteiger partial charge in [-0.1, -0.05) is 6.92 Å². The second-order valence-electron chi connectivity index (χ2n) is 4.11. The van der Waals surface area contributed by atoms with Gasteiger partial charge in [0.15, 0.2) is 0 Å². The van der Waals surface area contributed by atoms with Crippen LogP contribution in [0.5, 0.6) is 0 Å². The standard InChI is InChI=1S/C13H11Br2F2N3/c1-2-3-12-19-11(15)6-13(20-12)18-10-5-8(16)7(14)4-9(10)17/h4-6H,2-3H2,1H3,(H,18,19,20). The van der Waals surface area contributed by atoms with Gasteiger partial charge in [0.1, 0.15) is 27.9 Å². The van der Waals surface area contributed by atoms with Crippen molar-refractivity contribution in [3.8, 4) is 0 Å². The second kappa shape index (κ2) is 6.58. The van der Waals surface area contributed by atoms with Crippen LogP contribution in [0.3, 0.4) is 0 Å². The summed E-state index contributed by atoms with van der Waals surface area (Å²) in [6.45, 7) is 2.02. The number of aryl methyl sites for hydroxylation is 1. The monoisotopic (exact) mass is 405 g/mol. The maximum atomic E-state index is 13.8. The Kier molecular flexibility index (Phi) is 5.04. The summed E-state index contributed by atoms with van der Waals surface area (Å²) in [5.41, 5.74) is 0.0266. The van der Waals surface area contributed by atoms with E-state index in [4.69, 9.17) is 0 Å². The van der Waals surface area contributed by atoms with Crippen molar-refractivity contribution in [1.82, 2.24) is 9.97 Å². The van der Waals surface area contributed by atoms with E-state index >= 15 is 0 Å². The summed E-state index contributed by atoms with van der Waals surface area (Å²) in [7, 11) is 0. The quantitative estimate of drug-likeness (QED) is 0.575. The molecule has 0 saturated carbocycles. The molecule has 7 heteroatoms. The van der Waals surface area contributed by atoms with Crippen molar-refractivity contribution in [2.45, 2.75) is 19.8 Å². The molecular weight excluding hydrogens is 396 g/mol. The van der Waals surface area contributed by atoms with E-state index < -0.39 is 11.6 Å². The maximum Gasteiger partial charge on any atom is 0.148 e. The van der Waals surface area contributed by atoms with E-state index in [0.29, 0.717) is 22.7 Å². The average molecular weight is 407 g/mol. The molecular formula is C13H11Br2F2N3. The zero-order chi connectivity index (χ0) is 14.7. The molecule has 3 nitrogen and oxygen atoms in total. The molecule has 1 N–H and O–H groups in total. The van der Waals surface area contributed by atoms with Gasteiger partial charge in [0, 0.05) is 18.6 Å². The Balaban J connectivity index is 2.32. The Morgan fingerprint density at radius 3 is 2.55 bits per heavy atom. The van der Waals surface area contributed by atoms with Crippen molar-refractivity contribution in [2.24, 2.45) is 0 Å². The van der Waals surface area contributed by atoms with Crippen LogP contribution in [0.15, 0.2) is 27.3 Å². The molecule has 0 atom stereocenters. The van der Waals surface area contributed by atoms with Gasteiger partial charge in [-0.15, -0.1) is 0 Å². The fourth-order valence-corrected chi connectivity index (χ4v) is 2.36. The van der Waals surface area contributed by atoms with E-state index in [0.717, 1.165) is 18.6 Å². The summed E-state index contributed by atoms with van der Waals surface area (Å²) in [6.07, 6.45) is 1.61. The normalized spacial score (nSPS) is 10.7. The third kappa shape index (κ3) is 3.73. The molecule has 0 fully saturated rings. The molecule has 1 aromatic carbocycles. The van der Waals surface area contributed by atoms with Gasteiger partial charge in [-0.25, -0.2) is 18.7 Å². The molecule has 0 aliphatic carbocycles. The smallest absolute Gasteiger partial charge is 0.148 e. The number of hydrogen-bond acceptors (Lipinski definition) is 3. The average Bonchev–Trinajstić information content (AvgIpc) is 2.35. The summed E-state index contributed by atoms with van der Waals surface area (Å²) in [5.74, 6) is -0.0563. The predicted octanol–water partition coefficient (Wildman–Crippen LogP) is 4.98. The molecule has 2 rings (SSSR count). The molecule has 106 valence electrons. The first-order valence-electron chi connectivity index (χ1n) is 5.94. The van der Waals surface area contributed by atoms with Crippen LogP contribution in [-0.4, -0.2) is 9.97 Å². The lowest BCUT2D eigenvalue weighted by molar-refractivity contribution is 0.597. The fourth-order valence-electron chi connectivity index (χ4n) is 1.62. The van der Waals surface area contributed by atoms with Crippen molar-refractivity contribution in [3.63, 3.8) is 0 Å². The lowest BCUT2D eigenvalue weighted by Gasteiger charge is -2.09. The highest BCUT2D eigenvalue weighted by molar-refractivity contribution is 9.10. The second-order valence-corrected chi connectivity index (χ2v) is 5.78. The molecule has 2 aromatic rings. The van der Waals surface area contributed by atoms with Crippen LogP contribution in [0.2, 0.25) is 0 Å². The van der Waals surface area contributed by atoms with Crippen LogP contribution in [0.1, 0.15) is 19.2 Å². The van der Waals surface area contributed by atoms with Gasteiger partial charge in [-0.2, -0.15) is 0 Å². The van der Waals surface area contributed by atoms with Gasteiger partial charge in [0.25, 0.3) is 0 Å². The maximum absolute atomic E-state index is 13.8. The largest absolute Gasteiger partial charge is 0.338 e. The number of hydrogen-bond donors (Lipinski definition) is 1. The number of anilines is 2. The summed E-state index contributed by atoms with van der Waals surface area (Å²) < 4.78 is 27.9. The minimum Gasteiger partial charge on any atom is -0.338 e. The Morgan fingerprint density at radius 1 is 1.10 bits per heavy atom. The molecule has 0 spiro atoms.